The number of aliphatic imine (C=N–C) groups is 1. The van der Waals surface area contributed by atoms with E-state index in [1.807, 2.05) is 72.8 Å². The number of cyclic esters (lactones) is 1. The van der Waals surface area contributed by atoms with Gasteiger partial charge >= 0.3 is 5.97 Å². The van der Waals surface area contributed by atoms with Gasteiger partial charge < -0.3 is 4.74 Å². The van der Waals surface area contributed by atoms with Crippen LogP contribution in [-0.4, -0.2) is 24.3 Å². The molecule has 0 saturated carbocycles. The van der Waals surface area contributed by atoms with Crippen molar-refractivity contribution >= 4 is 18.3 Å². The molecule has 0 bridgehead atoms. The summed E-state index contributed by atoms with van der Waals surface area (Å²) in [7, 11) is 0. The van der Waals surface area contributed by atoms with Gasteiger partial charge in [-0.05, 0) is 11.1 Å². The monoisotopic (exact) mass is 305 g/mol. The van der Waals surface area contributed by atoms with Crippen molar-refractivity contribution in [1.29, 1.82) is 0 Å². The highest BCUT2D eigenvalue weighted by Crippen LogP contribution is 2.29. The average molecular weight is 305 g/mol. The van der Waals surface area contributed by atoms with Gasteiger partial charge in [-0.15, -0.1) is 0 Å². The maximum Gasteiger partial charge on any atom is 0.334 e. The molecule has 0 amide bonds. The zero-order valence-corrected chi connectivity index (χ0v) is 12.9. The van der Waals surface area contributed by atoms with Crippen LogP contribution in [0, 0.1) is 0 Å². The largest absolute Gasteiger partial charge is 0.464 e. The molecule has 2 aromatic carbocycles. The minimum absolute atomic E-state index is 0.234. The molecule has 0 spiro atoms. The number of hydrogen-bond acceptors (Lipinski definition) is 3. The van der Waals surface area contributed by atoms with Crippen molar-refractivity contribution in [3.8, 4) is 0 Å². The Hall–Kier alpha value is -2.68. The van der Waals surface area contributed by atoms with Gasteiger partial charge in [0, 0.05) is 19.1 Å². The van der Waals surface area contributed by atoms with Gasteiger partial charge in [-0.3, -0.25) is 4.99 Å². The topological polar surface area (TPSA) is 38.7 Å². The van der Waals surface area contributed by atoms with Gasteiger partial charge in [-0.1, -0.05) is 72.8 Å². The van der Waals surface area contributed by atoms with Crippen LogP contribution in [0.2, 0.25) is 0 Å². The number of ether oxygens (including phenoxy) is 1. The van der Waals surface area contributed by atoms with Crippen LogP contribution in [0.15, 0.2) is 71.7 Å². The highest BCUT2D eigenvalue weighted by Gasteiger charge is 2.43. The molecule has 1 aliphatic heterocycles. The van der Waals surface area contributed by atoms with E-state index in [2.05, 4.69) is 4.99 Å². The molecular weight excluding hydrogens is 286 g/mol. The third-order valence-electron chi connectivity index (χ3n) is 3.95. The Morgan fingerprint density at radius 1 is 1.00 bits per heavy atom. The molecular formula is C20H19NO2. The highest BCUT2D eigenvalue weighted by atomic mass is 16.5. The van der Waals surface area contributed by atoms with Crippen LogP contribution in [0.3, 0.4) is 0 Å². The van der Waals surface area contributed by atoms with E-state index in [9.17, 15) is 4.79 Å². The summed E-state index contributed by atoms with van der Waals surface area (Å²) >= 11 is 0. The van der Waals surface area contributed by atoms with E-state index in [0.29, 0.717) is 19.4 Å². The summed E-state index contributed by atoms with van der Waals surface area (Å²) in [6.07, 6.45) is 6.96. The van der Waals surface area contributed by atoms with E-state index in [4.69, 9.17) is 4.74 Å². The summed E-state index contributed by atoms with van der Waals surface area (Å²) in [4.78, 5) is 16.8. The molecule has 0 aromatic heterocycles. The van der Waals surface area contributed by atoms with Crippen LogP contribution in [0.25, 0.3) is 6.08 Å². The summed E-state index contributed by atoms with van der Waals surface area (Å²) in [5.41, 5.74) is 1.31. The van der Waals surface area contributed by atoms with Gasteiger partial charge in [0.2, 0.25) is 0 Å². The Labute approximate surface area is 136 Å². The maximum atomic E-state index is 12.2. The Morgan fingerprint density at radius 2 is 1.65 bits per heavy atom. The molecule has 2 aromatic rings. The van der Waals surface area contributed by atoms with E-state index < -0.39 is 5.54 Å². The van der Waals surface area contributed by atoms with Gasteiger partial charge in [0.15, 0.2) is 5.54 Å². The van der Waals surface area contributed by atoms with Crippen LogP contribution < -0.4 is 0 Å². The van der Waals surface area contributed by atoms with Gasteiger partial charge in [0.1, 0.15) is 0 Å². The minimum Gasteiger partial charge on any atom is -0.464 e. The number of esters is 1. The predicted molar refractivity (Wildman–Crippen MR) is 92.4 cm³/mol. The first kappa shape index (κ1) is 15.2. The van der Waals surface area contributed by atoms with E-state index >= 15 is 0 Å². The predicted octanol–water partition coefficient (Wildman–Crippen LogP) is 3.89. The summed E-state index contributed by atoms with van der Waals surface area (Å²) < 4.78 is 5.17. The van der Waals surface area contributed by atoms with E-state index in [1.165, 1.54) is 0 Å². The molecule has 3 heteroatoms. The van der Waals surface area contributed by atoms with Crippen LogP contribution >= 0.6 is 0 Å². The van der Waals surface area contributed by atoms with Crippen LogP contribution in [-0.2, 0) is 9.53 Å². The van der Waals surface area contributed by atoms with Crippen LogP contribution in [0.1, 0.15) is 24.0 Å². The maximum absolute atomic E-state index is 12.2. The lowest BCUT2D eigenvalue weighted by atomic mass is 9.93. The number of nitrogens with zero attached hydrogens (tertiary/aromatic N) is 1. The summed E-state index contributed by atoms with van der Waals surface area (Å²) in [6, 6.07) is 19.8. The number of rotatable bonds is 5. The van der Waals surface area contributed by atoms with Gasteiger partial charge in [0.05, 0.1) is 6.61 Å². The van der Waals surface area contributed by atoms with Crippen LogP contribution in [0.4, 0.5) is 0 Å². The molecule has 116 valence electrons. The standard InChI is InChI=1S/C20H19NO2/c22-19-20(14-15-23-19,21-16-18-10-5-2-6-11-18)13-7-12-17-8-3-1-4-9-17/h1-12,16H,13-15H2/b12-7+,21-16?/t20-/m1/s1. The molecule has 23 heavy (non-hydrogen) atoms. The second-order valence-corrected chi connectivity index (χ2v) is 5.60. The number of carbonyl (C=O) groups excluding carboxylic acids is 1. The van der Waals surface area contributed by atoms with E-state index in [-0.39, 0.29) is 5.97 Å². The van der Waals surface area contributed by atoms with Crippen molar-refractivity contribution in [3.63, 3.8) is 0 Å². The first-order valence-electron chi connectivity index (χ1n) is 7.78. The van der Waals surface area contributed by atoms with Crippen molar-refractivity contribution in [1.82, 2.24) is 0 Å². The van der Waals surface area contributed by atoms with Gasteiger partial charge in [-0.25, -0.2) is 4.79 Å². The molecule has 3 rings (SSSR count). The molecule has 0 N–H and O–H groups in total. The number of carbonyl (C=O) groups is 1. The zero-order chi connectivity index (χ0) is 16.0. The average Bonchev–Trinajstić information content (AvgIpc) is 2.96. The Balaban J connectivity index is 1.76. The molecule has 0 radical (unpaired) electrons. The SMILES string of the molecule is O=C1OCC[C@@]1(C/C=C/c1ccccc1)N=Cc1ccccc1. The Kier molecular flexibility index (Phi) is 4.67. The molecule has 1 heterocycles. The first-order chi connectivity index (χ1) is 11.3. The van der Waals surface area contributed by atoms with Crippen molar-refractivity contribution < 1.29 is 9.53 Å². The summed E-state index contributed by atoms with van der Waals surface area (Å²) in [5.74, 6) is -0.234. The quantitative estimate of drug-likeness (QED) is 0.621. The summed E-state index contributed by atoms with van der Waals surface area (Å²) in [5, 5.41) is 0. The third kappa shape index (κ3) is 3.75. The fourth-order valence-electron chi connectivity index (χ4n) is 2.60. The first-order valence-corrected chi connectivity index (χ1v) is 7.78. The van der Waals surface area contributed by atoms with E-state index in [1.54, 1.807) is 6.21 Å². The van der Waals surface area contributed by atoms with Crippen molar-refractivity contribution in [2.24, 2.45) is 4.99 Å². The molecule has 1 fully saturated rings. The zero-order valence-electron chi connectivity index (χ0n) is 12.9. The third-order valence-corrected chi connectivity index (χ3v) is 3.95. The molecule has 1 aliphatic rings. The van der Waals surface area contributed by atoms with Crippen molar-refractivity contribution in [2.75, 3.05) is 6.61 Å². The smallest absolute Gasteiger partial charge is 0.334 e. The number of hydrogen-bond donors (Lipinski definition) is 0. The molecule has 1 saturated heterocycles. The Bertz CT molecular complexity index is 707. The molecule has 0 unspecified atom stereocenters. The lowest BCUT2D eigenvalue weighted by molar-refractivity contribution is -0.142. The minimum atomic E-state index is -0.791. The number of benzene rings is 2. The molecule has 3 nitrogen and oxygen atoms in total. The van der Waals surface area contributed by atoms with Gasteiger partial charge in [-0.2, -0.15) is 0 Å². The van der Waals surface area contributed by atoms with E-state index in [0.717, 1.165) is 11.1 Å². The second kappa shape index (κ2) is 7.05. The normalized spacial score (nSPS) is 21.1. The lowest BCUT2D eigenvalue weighted by Crippen LogP contribution is -2.31. The molecule has 1 atom stereocenters. The van der Waals surface area contributed by atoms with Crippen LogP contribution in [0.5, 0.6) is 0 Å². The van der Waals surface area contributed by atoms with Crippen molar-refractivity contribution in [2.45, 2.75) is 18.4 Å². The fourth-order valence-corrected chi connectivity index (χ4v) is 2.60. The van der Waals surface area contributed by atoms with Crippen molar-refractivity contribution in [3.05, 3.63) is 77.9 Å². The lowest BCUT2D eigenvalue weighted by Gasteiger charge is -2.17. The fraction of sp³-hybridized carbons (Fsp3) is 0.200. The Morgan fingerprint density at radius 3 is 2.26 bits per heavy atom. The molecule has 0 aliphatic carbocycles. The second-order valence-electron chi connectivity index (χ2n) is 5.60. The van der Waals surface area contributed by atoms with Gasteiger partial charge in [0.25, 0.3) is 0 Å². The highest BCUT2D eigenvalue weighted by molar-refractivity contribution is 5.88. The summed E-state index contributed by atoms with van der Waals surface area (Å²) in [6.45, 7) is 0.435.